The molecule has 0 spiro atoms. The van der Waals surface area contributed by atoms with Gasteiger partial charge in [0.1, 0.15) is 0 Å². The van der Waals surface area contributed by atoms with Crippen LogP contribution in [0, 0.1) is 37.0 Å². The van der Waals surface area contributed by atoms with E-state index in [9.17, 15) is 0 Å². The van der Waals surface area contributed by atoms with Crippen LogP contribution in [0.3, 0.4) is 0 Å². The molecule has 0 amide bonds. The molecule has 0 saturated carbocycles. The van der Waals surface area contributed by atoms with Gasteiger partial charge in [-0.3, -0.25) is 0 Å². The van der Waals surface area contributed by atoms with Crippen LogP contribution in [0.4, 0.5) is 17.1 Å². The lowest BCUT2D eigenvalue weighted by molar-refractivity contribution is 1.26. The van der Waals surface area contributed by atoms with Crippen LogP contribution in [0.5, 0.6) is 0 Å². The van der Waals surface area contributed by atoms with Crippen LogP contribution in [0.15, 0.2) is 97.1 Å². The average Bonchev–Trinajstić information content (AvgIpc) is 2.83. The van der Waals surface area contributed by atoms with E-state index in [4.69, 9.17) is 19.3 Å². The summed E-state index contributed by atoms with van der Waals surface area (Å²) in [7, 11) is 0. The predicted molar refractivity (Wildman–Crippen MR) is 130 cm³/mol. The third-order valence-corrected chi connectivity index (χ3v) is 5.12. The smallest absolute Gasteiger partial charge is 0.0619 e. The number of terminal acetylenes is 3. The fourth-order valence-electron chi connectivity index (χ4n) is 3.42. The standard InChI is InChI=1S/C24H15N.C6H4/c1-4-19-13-7-10-16-22(19)25(23-17-11-8-14-20(23)5-2)24-18-12-9-15-21(24)6-3;1-2-6-4-3-5(1)6/h1-3,7-18H;1-4H. The zero-order valence-electron chi connectivity index (χ0n) is 16.9. The van der Waals surface area contributed by atoms with Crippen LogP contribution in [0.25, 0.3) is 11.1 Å². The van der Waals surface area contributed by atoms with E-state index in [2.05, 4.69) is 42.0 Å². The van der Waals surface area contributed by atoms with E-state index in [1.165, 1.54) is 11.1 Å². The maximum atomic E-state index is 5.73. The molecule has 0 bridgehead atoms. The molecular weight excluding hydrogens is 374 g/mol. The van der Waals surface area contributed by atoms with E-state index < -0.39 is 0 Å². The molecule has 144 valence electrons. The summed E-state index contributed by atoms with van der Waals surface area (Å²) in [6, 6.07) is 31.7. The van der Waals surface area contributed by atoms with Crippen molar-refractivity contribution in [2.75, 3.05) is 4.90 Å². The fourth-order valence-corrected chi connectivity index (χ4v) is 3.42. The number of fused-ring (bicyclic) bond motifs is 1. The summed E-state index contributed by atoms with van der Waals surface area (Å²) in [6.45, 7) is 0. The zero-order valence-corrected chi connectivity index (χ0v) is 16.9. The second kappa shape index (κ2) is 8.80. The Kier molecular flexibility index (Phi) is 5.58. The Morgan fingerprint density at radius 1 is 0.419 bits per heavy atom. The van der Waals surface area contributed by atoms with Crippen molar-refractivity contribution in [3.63, 3.8) is 0 Å². The van der Waals surface area contributed by atoms with Gasteiger partial charge in [0.25, 0.3) is 0 Å². The molecule has 0 aromatic heterocycles. The van der Waals surface area contributed by atoms with Gasteiger partial charge < -0.3 is 4.90 Å². The van der Waals surface area contributed by atoms with Crippen molar-refractivity contribution in [2.45, 2.75) is 0 Å². The monoisotopic (exact) mass is 393 g/mol. The van der Waals surface area contributed by atoms with Crippen molar-refractivity contribution in [3.8, 4) is 48.2 Å². The Bertz CT molecular complexity index is 1200. The van der Waals surface area contributed by atoms with Crippen LogP contribution in [0.1, 0.15) is 16.7 Å². The molecular formula is C30H19N. The number of rotatable bonds is 3. The molecule has 0 radical (unpaired) electrons. The number of benzene rings is 4. The lowest BCUT2D eigenvalue weighted by atomic mass is 9.95. The SMILES string of the molecule is C#Cc1ccccc1N(c1ccccc1C#C)c1ccccc1C#C.c1cc2ccc1-2. The van der Waals surface area contributed by atoms with Crippen LogP contribution in [-0.4, -0.2) is 0 Å². The molecule has 3 aromatic carbocycles. The molecule has 31 heavy (non-hydrogen) atoms. The minimum Gasteiger partial charge on any atom is -0.307 e. The van der Waals surface area contributed by atoms with E-state index in [1.807, 2.05) is 77.7 Å². The first-order valence-corrected chi connectivity index (χ1v) is 9.84. The van der Waals surface area contributed by atoms with Crippen molar-refractivity contribution in [3.05, 3.63) is 114 Å². The lowest BCUT2D eigenvalue weighted by Gasteiger charge is -2.28. The van der Waals surface area contributed by atoms with Gasteiger partial charge in [-0.1, -0.05) is 78.4 Å². The van der Waals surface area contributed by atoms with Gasteiger partial charge >= 0.3 is 0 Å². The second-order valence-electron chi connectivity index (χ2n) is 6.90. The van der Waals surface area contributed by atoms with Gasteiger partial charge in [-0.25, -0.2) is 0 Å². The highest BCUT2D eigenvalue weighted by Crippen LogP contribution is 2.39. The third-order valence-electron chi connectivity index (χ3n) is 5.12. The predicted octanol–water partition coefficient (Wildman–Crippen LogP) is 6.77. The van der Waals surface area contributed by atoms with E-state index in [0.717, 1.165) is 33.8 Å². The third kappa shape index (κ3) is 3.80. The first-order valence-electron chi connectivity index (χ1n) is 9.84. The molecule has 0 fully saturated rings. The minimum atomic E-state index is 0.765. The summed E-state index contributed by atoms with van der Waals surface area (Å²) < 4.78 is 0. The number of hydrogen-bond acceptors (Lipinski definition) is 1. The Labute approximate surface area is 184 Å². The molecule has 1 nitrogen and oxygen atoms in total. The number of hydrogen-bond donors (Lipinski definition) is 0. The highest BCUT2D eigenvalue weighted by atomic mass is 15.1. The fraction of sp³-hybridized carbons (Fsp3) is 0. The van der Waals surface area contributed by atoms with Crippen molar-refractivity contribution in [1.29, 1.82) is 0 Å². The Balaban J connectivity index is 0.000000325. The second-order valence-corrected chi connectivity index (χ2v) is 6.90. The number of para-hydroxylation sites is 3. The number of anilines is 3. The molecule has 3 aromatic rings. The molecule has 1 heteroatoms. The maximum absolute atomic E-state index is 5.73. The molecule has 0 aliphatic heterocycles. The van der Waals surface area contributed by atoms with Crippen molar-refractivity contribution in [1.82, 2.24) is 0 Å². The van der Waals surface area contributed by atoms with Gasteiger partial charge in [0, 0.05) is 16.7 Å². The summed E-state index contributed by atoms with van der Waals surface area (Å²) in [5, 5.41) is 0. The molecule has 0 heterocycles. The van der Waals surface area contributed by atoms with Gasteiger partial charge in [0.05, 0.1) is 17.1 Å². The summed E-state index contributed by atoms with van der Waals surface area (Å²) in [4.78, 5) is 2.03. The average molecular weight is 393 g/mol. The minimum absolute atomic E-state index is 0.765. The highest BCUT2D eigenvalue weighted by Gasteiger charge is 2.19. The van der Waals surface area contributed by atoms with E-state index in [1.54, 1.807) is 0 Å². The number of nitrogens with zero attached hydrogens (tertiary/aromatic N) is 1. The molecule has 0 N–H and O–H groups in total. The molecule has 0 atom stereocenters. The van der Waals surface area contributed by atoms with Crippen molar-refractivity contribution >= 4 is 17.1 Å². The summed E-state index contributed by atoms with van der Waals surface area (Å²) in [5.41, 5.74) is 7.72. The first-order chi connectivity index (χ1) is 15.3. The molecule has 2 aliphatic rings. The van der Waals surface area contributed by atoms with Crippen LogP contribution >= 0.6 is 0 Å². The molecule has 0 unspecified atom stereocenters. The van der Waals surface area contributed by atoms with Crippen LogP contribution in [0.2, 0.25) is 0 Å². The molecule has 2 aliphatic carbocycles. The normalized spacial score (nSPS) is 9.84. The van der Waals surface area contributed by atoms with E-state index in [-0.39, 0.29) is 0 Å². The van der Waals surface area contributed by atoms with Gasteiger partial charge in [-0.2, -0.15) is 0 Å². The van der Waals surface area contributed by atoms with Crippen LogP contribution in [-0.2, 0) is 0 Å². The van der Waals surface area contributed by atoms with Crippen molar-refractivity contribution in [2.24, 2.45) is 0 Å². The van der Waals surface area contributed by atoms with Gasteiger partial charge in [0.2, 0.25) is 0 Å². The maximum Gasteiger partial charge on any atom is 0.0619 e. The molecule has 5 rings (SSSR count). The Morgan fingerprint density at radius 3 is 0.935 bits per heavy atom. The first kappa shape index (κ1) is 19.7. The topological polar surface area (TPSA) is 3.24 Å². The Morgan fingerprint density at radius 2 is 0.710 bits per heavy atom. The quantitative estimate of drug-likeness (QED) is 0.306. The Hall–Kier alpha value is -4.64. The van der Waals surface area contributed by atoms with Gasteiger partial charge in [0.15, 0.2) is 0 Å². The van der Waals surface area contributed by atoms with Gasteiger partial charge in [-0.15, -0.1) is 19.3 Å². The van der Waals surface area contributed by atoms with Crippen LogP contribution < -0.4 is 4.90 Å². The van der Waals surface area contributed by atoms with E-state index in [0.29, 0.717) is 0 Å². The summed E-state index contributed by atoms with van der Waals surface area (Å²) in [6.07, 6.45) is 17.2. The van der Waals surface area contributed by atoms with Gasteiger partial charge in [-0.05, 0) is 47.5 Å². The summed E-state index contributed by atoms with van der Waals surface area (Å²) >= 11 is 0. The summed E-state index contributed by atoms with van der Waals surface area (Å²) in [5.74, 6) is 8.24. The van der Waals surface area contributed by atoms with E-state index >= 15 is 0 Å². The van der Waals surface area contributed by atoms with Crippen molar-refractivity contribution < 1.29 is 0 Å². The largest absolute Gasteiger partial charge is 0.307 e. The highest BCUT2D eigenvalue weighted by molar-refractivity contribution is 5.85. The zero-order chi connectivity index (χ0) is 21.6. The lowest BCUT2D eigenvalue weighted by Crippen LogP contribution is -2.14. The molecule has 0 saturated heterocycles.